The largest absolute Gasteiger partial charge is 0.511 e. The van der Waals surface area contributed by atoms with Crippen LogP contribution in [0, 0.1) is 11.3 Å². The van der Waals surface area contributed by atoms with Gasteiger partial charge in [-0.25, -0.2) is 0 Å². The van der Waals surface area contributed by atoms with Crippen molar-refractivity contribution in [3.63, 3.8) is 0 Å². The van der Waals surface area contributed by atoms with E-state index in [0.29, 0.717) is 12.8 Å². The minimum atomic E-state index is -1.16. The molecule has 1 unspecified atom stereocenters. The van der Waals surface area contributed by atoms with Crippen LogP contribution in [-0.4, -0.2) is 34.3 Å². The van der Waals surface area contributed by atoms with Crippen LogP contribution in [0.1, 0.15) is 40.0 Å². The van der Waals surface area contributed by atoms with Gasteiger partial charge in [0.25, 0.3) is 0 Å². The lowest BCUT2D eigenvalue weighted by atomic mass is 9.67. The number of hydrogen-bond acceptors (Lipinski definition) is 5. The third-order valence-corrected chi connectivity index (χ3v) is 3.60. The molecule has 122 valence electrons. The van der Waals surface area contributed by atoms with Crippen LogP contribution in [0.3, 0.4) is 0 Å². The smallest absolute Gasteiger partial charge is 0.314 e. The second kappa shape index (κ2) is 7.24. The van der Waals surface area contributed by atoms with E-state index in [1.165, 1.54) is 6.08 Å². The Morgan fingerprint density at radius 1 is 1.55 bits per heavy atom. The number of oxime groups is 1. The minimum absolute atomic E-state index is 0.0161. The van der Waals surface area contributed by atoms with Gasteiger partial charge in [0.1, 0.15) is 18.3 Å². The van der Waals surface area contributed by atoms with Gasteiger partial charge >= 0.3 is 5.97 Å². The summed E-state index contributed by atoms with van der Waals surface area (Å²) < 4.78 is 0. The summed E-state index contributed by atoms with van der Waals surface area (Å²) in [6.07, 6.45) is 2.64. The van der Waals surface area contributed by atoms with Crippen LogP contribution in [0.4, 0.5) is 0 Å². The second-order valence-corrected chi connectivity index (χ2v) is 5.99. The van der Waals surface area contributed by atoms with E-state index in [1.54, 1.807) is 13.8 Å². The molecule has 0 aromatic heterocycles. The number of ketones is 1. The van der Waals surface area contributed by atoms with Crippen LogP contribution in [0.15, 0.2) is 29.1 Å². The van der Waals surface area contributed by atoms with Crippen LogP contribution in [0.2, 0.25) is 0 Å². The average Bonchev–Trinajstić information content (AvgIpc) is 2.36. The Kier molecular flexibility index (Phi) is 5.91. The van der Waals surface area contributed by atoms with Gasteiger partial charge in [-0.1, -0.05) is 45.0 Å². The van der Waals surface area contributed by atoms with Gasteiger partial charge in [0.2, 0.25) is 0 Å². The summed E-state index contributed by atoms with van der Waals surface area (Å²) in [6, 6.07) is 0. The fourth-order valence-electron chi connectivity index (χ4n) is 2.64. The molecule has 0 saturated heterocycles. The molecule has 1 atom stereocenters. The molecule has 1 rings (SSSR count). The number of aliphatic hydroxyl groups excluding tert-OH is 1. The number of allylic oxidation sites excluding steroid dienone is 1. The third kappa shape index (κ3) is 3.75. The molecule has 0 fully saturated rings. The summed E-state index contributed by atoms with van der Waals surface area (Å²) in [5, 5.41) is 23.6. The molecule has 0 saturated carbocycles. The van der Waals surface area contributed by atoms with Crippen LogP contribution in [0.5, 0.6) is 0 Å². The number of nitrogens with zero attached hydrogens (tertiary/aromatic N) is 1. The Balaban J connectivity index is 3.34. The Morgan fingerprint density at radius 2 is 2.18 bits per heavy atom. The number of rotatable bonds is 7. The lowest BCUT2D eigenvalue weighted by molar-refractivity contribution is -0.146. The highest BCUT2D eigenvalue weighted by atomic mass is 16.6. The third-order valence-electron chi connectivity index (χ3n) is 3.60. The Hall–Kier alpha value is -2.11. The number of carboxylic acids is 1. The zero-order valence-corrected chi connectivity index (χ0v) is 13.3. The van der Waals surface area contributed by atoms with Gasteiger partial charge in [0, 0.05) is 6.42 Å². The first-order chi connectivity index (χ1) is 10.3. The fraction of sp³-hybridized carbons (Fsp3) is 0.562. The maximum Gasteiger partial charge on any atom is 0.314 e. The van der Waals surface area contributed by atoms with Crippen molar-refractivity contribution in [2.75, 3.05) is 6.61 Å². The maximum atomic E-state index is 12.4. The highest BCUT2D eigenvalue weighted by molar-refractivity contribution is 6.23. The van der Waals surface area contributed by atoms with E-state index in [4.69, 9.17) is 4.84 Å². The van der Waals surface area contributed by atoms with Crippen molar-refractivity contribution in [3.05, 3.63) is 24.0 Å². The van der Waals surface area contributed by atoms with E-state index < -0.39 is 23.1 Å². The molecule has 0 amide bonds. The summed E-state index contributed by atoms with van der Waals surface area (Å²) in [4.78, 5) is 28.9. The topological polar surface area (TPSA) is 96.2 Å². The maximum absolute atomic E-state index is 12.4. The van der Waals surface area contributed by atoms with Gasteiger partial charge in [-0.2, -0.15) is 0 Å². The van der Waals surface area contributed by atoms with E-state index in [-0.39, 0.29) is 30.1 Å². The lowest BCUT2D eigenvalue weighted by Gasteiger charge is -2.35. The van der Waals surface area contributed by atoms with E-state index in [9.17, 15) is 19.8 Å². The van der Waals surface area contributed by atoms with Crippen LogP contribution in [-0.2, 0) is 14.4 Å². The predicted octanol–water partition coefficient (Wildman–Crippen LogP) is 2.86. The summed E-state index contributed by atoms with van der Waals surface area (Å²) in [5.41, 5.74) is -0.582. The minimum Gasteiger partial charge on any atom is -0.511 e. The molecule has 0 radical (unpaired) electrons. The monoisotopic (exact) mass is 309 g/mol. The first-order valence-electron chi connectivity index (χ1n) is 7.25. The number of Topliss-reactive ketones (excluding diaryl/α,β-unsaturated/α-hetero) is 1. The van der Waals surface area contributed by atoms with Gasteiger partial charge < -0.3 is 15.1 Å². The van der Waals surface area contributed by atoms with Crippen molar-refractivity contribution in [1.82, 2.24) is 0 Å². The van der Waals surface area contributed by atoms with Crippen molar-refractivity contribution < 1.29 is 24.6 Å². The molecule has 0 aromatic carbocycles. The molecule has 0 spiro atoms. The van der Waals surface area contributed by atoms with Gasteiger partial charge in [0.15, 0.2) is 5.78 Å². The molecule has 6 heteroatoms. The molecule has 1 aliphatic rings. The zero-order chi connectivity index (χ0) is 16.9. The van der Waals surface area contributed by atoms with Crippen molar-refractivity contribution in [2.45, 2.75) is 40.0 Å². The van der Waals surface area contributed by atoms with Crippen molar-refractivity contribution in [2.24, 2.45) is 16.5 Å². The van der Waals surface area contributed by atoms with E-state index in [2.05, 4.69) is 11.7 Å². The quantitative estimate of drug-likeness (QED) is 0.326. The molecule has 22 heavy (non-hydrogen) atoms. The lowest BCUT2D eigenvalue weighted by Crippen LogP contribution is -2.41. The normalized spacial score (nSPS) is 21.7. The number of carboxylic acid groups (broad SMARTS) is 1. The van der Waals surface area contributed by atoms with Crippen molar-refractivity contribution in [3.8, 4) is 0 Å². The van der Waals surface area contributed by atoms with Crippen LogP contribution in [0.25, 0.3) is 0 Å². The molecule has 0 aromatic rings. The molecule has 6 nitrogen and oxygen atoms in total. The molecule has 2 N–H and O–H groups in total. The highest BCUT2D eigenvalue weighted by Gasteiger charge is 2.47. The van der Waals surface area contributed by atoms with Crippen molar-refractivity contribution in [1.29, 1.82) is 0 Å². The SMILES string of the molecule is C=CCO/N=C(\CCC)C1=C(O)C(C(=O)O)C(C)(C)CC1=O. The van der Waals surface area contributed by atoms with Gasteiger partial charge in [-0.15, -0.1) is 0 Å². The van der Waals surface area contributed by atoms with Crippen LogP contribution >= 0.6 is 0 Å². The molecule has 0 bridgehead atoms. The molecule has 0 aliphatic heterocycles. The zero-order valence-electron chi connectivity index (χ0n) is 13.3. The van der Waals surface area contributed by atoms with Crippen molar-refractivity contribution >= 4 is 17.5 Å². The molecule has 1 aliphatic carbocycles. The summed E-state index contributed by atoms with van der Waals surface area (Å²) in [7, 11) is 0. The predicted molar refractivity (Wildman–Crippen MR) is 82.7 cm³/mol. The summed E-state index contributed by atoms with van der Waals surface area (Å²) in [6.45, 7) is 8.87. The van der Waals surface area contributed by atoms with Gasteiger partial charge in [0.05, 0.1) is 11.3 Å². The summed E-state index contributed by atoms with van der Waals surface area (Å²) >= 11 is 0. The van der Waals surface area contributed by atoms with Crippen LogP contribution < -0.4 is 0 Å². The number of aliphatic hydroxyl groups is 1. The van der Waals surface area contributed by atoms with E-state index >= 15 is 0 Å². The highest BCUT2D eigenvalue weighted by Crippen LogP contribution is 2.42. The number of aliphatic carboxylic acids is 1. The molecular formula is C16H23NO5. The van der Waals surface area contributed by atoms with Gasteiger partial charge in [-0.05, 0) is 11.8 Å². The Morgan fingerprint density at radius 3 is 2.68 bits per heavy atom. The first-order valence-corrected chi connectivity index (χ1v) is 7.25. The standard InChI is InChI=1S/C16H23NO5/c1-5-7-10(17-22-8-6-2)12-11(18)9-16(3,4)13(14(12)19)15(20)21/h6,13,19H,2,5,7-9H2,1,3-4H3,(H,20,21)/b17-10+. The average molecular weight is 309 g/mol. The number of carbonyl (C=O) groups excluding carboxylic acids is 1. The van der Waals surface area contributed by atoms with E-state index in [1.807, 2.05) is 6.92 Å². The Bertz CT molecular complexity index is 531. The van der Waals surface area contributed by atoms with Gasteiger partial charge in [-0.3, -0.25) is 9.59 Å². The number of hydrogen-bond donors (Lipinski definition) is 2. The first kappa shape index (κ1) is 17.9. The second-order valence-electron chi connectivity index (χ2n) is 5.99. The summed E-state index contributed by atoms with van der Waals surface area (Å²) in [5.74, 6) is -3.03. The molecular weight excluding hydrogens is 286 g/mol. The number of carbonyl (C=O) groups is 2. The van der Waals surface area contributed by atoms with E-state index in [0.717, 1.165) is 0 Å². The Labute approximate surface area is 130 Å². The fourth-order valence-corrected chi connectivity index (χ4v) is 2.64. The molecule has 0 heterocycles.